The lowest BCUT2D eigenvalue weighted by molar-refractivity contribution is -0.139. The fraction of sp³-hybridized carbons (Fsp3) is 0.556. The van der Waals surface area contributed by atoms with Gasteiger partial charge in [-0.1, -0.05) is 13.3 Å². The molecule has 6 heteroatoms. The Hall–Kier alpha value is -2.08. The summed E-state index contributed by atoms with van der Waals surface area (Å²) < 4.78 is 11.0. The summed E-state index contributed by atoms with van der Waals surface area (Å²) in [6.45, 7) is 7.12. The van der Waals surface area contributed by atoms with E-state index in [1.54, 1.807) is 12.1 Å². The smallest absolute Gasteiger partial charge is 0.341 e. The molecule has 24 heavy (non-hydrogen) atoms. The molecule has 1 aromatic rings. The summed E-state index contributed by atoms with van der Waals surface area (Å²) in [5.74, 6) is -0.514. The molecular formula is C18H25NO5. The molecule has 0 spiro atoms. The number of ether oxygens (including phenoxy) is 2. The SMILES string of the molecule is CCCC1CN(C(=O)c2cc(C)c(OCC(=O)O)c(C)c2)CCO1. The first-order valence-electron chi connectivity index (χ1n) is 8.29. The van der Waals surface area contributed by atoms with Crippen LogP contribution in [-0.2, 0) is 9.53 Å². The topological polar surface area (TPSA) is 76.1 Å². The number of amides is 1. The van der Waals surface area contributed by atoms with E-state index < -0.39 is 12.6 Å². The number of carboxylic acid groups (broad SMARTS) is 1. The van der Waals surface area contributed by atoms with Gasteiger partial charge in [-0.3, -0.25) is 4.79 Å². The van der Waals surface area contributed by atoms with Crippen molar-refractivity contribution >= 4 is 11.9 Å². The standard InChI is InChI=1S/C18H25NO5/c1-4-5-15-10-19(6-7-23-15)18(22)14-8-12(2)17(13(3)9-14)24-11-16(20)21/h8-9,15H,4-7,10-11H2,1-3H3,(H,20,21). The average molecular weight is 335 g/mol. The number of rotatable bonds is 6. The first-order valence-corrected chi connectivity index (χ1v) is 8.29. The summed E-state index contributed by atoms with van der Waals surface area (Å²) in [6, 6.07) is 3.52. The molecule has 1 unspecified atom stereocenters. The molecule has 6 nitrogen and oxygen atoms in total. The van der Waals surface area contributed by atoms with Gasteiger partial charge >= 0.3 is 5.97 Å². The molecule has 0 aromatic heterocycles. The zero-order valence-corrected chi connectivity index (χ0v) is 14.5. The van der Waals surface area contributed by atoms with E-state index in [9.17, 15) is 9.59 Å². The molecule has 1 aliphatic rings. The number of aliphatic carboxylic acids is 1. The van der Waals surface area contributed by atoms with Gasteiger partial charge in [0.2, 0.25) is 0 Å². The summed E-state index contributed by atoms with van der Waals surface area (Å²) in [5, 5.41) is 8.74. The Labute approximate surface area is 142 Å². The molecule has 1 fully saturated rings. The number of carbonyl (C=O) groups excluding carboxylic acids is 1. The molecule has 1 heterocycles. The van der Waals surface area contributed by atoms with E-state index in [0.717, 1.165) is 24.0 Å². The van der Waals surface area contributed by atoms with E-state index in [2.05, 4.69) is 6.92 Å². The van der Waals surface area contributed by atoms with E-state index in [1.165, 1.54) is 0 Å². The molecular weight excluding hydrogens is 310 g/mol. The van der Waals surface area contributed by atoms with E-state index in [0.29, 0.717) is 31.0 Å². The number of hydrogen-bond acceptors (Lipinski definition) is 4. The van der Waals surface area contributed by atoms with E-state index in [4.69, 9.17) is 14.6 Å². The van der Waals surface area contributed by atoms with E-state index in [-0.39, 0.29) is 12.0 Å². The fourth-order valence-electron chi connectivity index (χ4n) is 3.02. The van der Waals surface area contributed by atoms with Gasteiger partial charge in [0.15, 0.2) is 6.61 Å². The van der Waals surface area contributed by atoms with Gasteiger partial charge in [0.25, 0.3) is 5.91 Å². The fourth-order valence-corrected chi connectivity index (χ4v) is 3.02. The number of morpholine rings is 1. The molecule has 1 aromatic carbocycles. The van der Waals surface area contributed by atoms with Crippen LogP contribution in [0, 0.1) is 13.8 Å². The van der Waals surface area contributed by atoms with Gasteiger partial charge in [-0.05, 0) is 43.5 Å². The van der Waals surface area contributed by atoms with Crippen molar-refractivity contribution in [3.8, 4) is 5.75 Å². The molecule has 0 aliphatic carbocycles. The summed E-state index contributed by atoms with van der Waals surface area (Å²) in [4.78, 5) is 25.3. The minimum atomic E-state index is -1.02. The van der Waals surface area contributed by atoms with Crippen LogP contribution in [-0.4, -0.2) is 54.3 Å². The van der Waals surface area contributed by atoms with Crippen molar-refractivity contribution in [1.29, 1.82) is 0 Å². The summed E-state index contributed by atoms with van der Waals surface area (Å²) >= 11 is 0. The lowest BCUT2D eigenvalue weighted by atomic mass is 10.0. The minimum absolute atomic E-state index is 0.0182. The number of nitrogens with zero attached hydrogens (tertiary/aromatic N) is 1. The number of hydrogen-bond donors (Lipinski definition) is 1. The first-order chi connectivity index (χ1) is 11.4. The maximum atomic E-state index is 12.8. The largest absolute Gasteiger partial charge is 0.481 e. The van der Waals surface area contributed by atoms with Crippen molar-refractivity contribution in [2.24, 2.45) is 0 Å². The number of carbonyl (C=O) groups is 2. The molecule has 0 radical (unpaired) electrons. The highest BCUT2D eigenvalue weighted by molar-refractivity contribution is 5.95. The maximum absolute atomic E-state index is 12.8. The van der Waals surface area contributed by atoms with Gasteiger partial charge in [0, 0.05) is 18.7 Å². The van der Waals surface area contributed by atoms with Crippen molar-refractivity contribution in [3.63, 3.8) is 0 Å². The highest BCUT2D eigenvalue weighted by Gasteiger charge is 2.25. The Kier molecular flexibility index (Phi) is 6.20. The van der Waals surface area contributed by atoms with Crippen LogP contribution in [0.1, 0.15) is 41.3 Å². The second-order valence-corrected chi connectivity index (χ2v) is 6.15. The van der Waals surface area contributed by atoms with Crippen LogP contribution in [0.15, 0.2) is 12.1 Å². The molecule has 1 amide bonds. The normalized spacial score (nSPS) is 17.6. The molecule has 1 atom stereocenters. The van der Waals surface area contributed by atoms with E-state index >= 15 is 0 Å². The zero-order chi connectivity index (χ0) is 17.7. The summed E-state index contributed by atoms with van der Waals surface area (Å²) in [5.41, 5.74) is 2.13. The van der Waals surface area contributed by atoms with Gasteiger partial charge in [-0.25, -0.2) is 4.79 Å². The van der Waals surface area contributed by atoms with Gasteiger partial charge in [-0.2, -0.15) is 0 Å². The Morgan fingerprint density at radius 2 is 2.00 bits per heavy atom. The van der Waals surface area contributed by atoms with Crippen LogP contribution < -0.4 is 4.74 Å². The Balaban J connectivity index is 2.13. The molecule has 1 N–H and O–H groups in total. The van der Waals surface area contributed by atoms with Gasteiger partial charge in [0.1, 0.15) is 5.75 Å². The highest BCUT2D eigenvalue weighted by Crippen LogP contribution is 2.26. The highest BCUT2D eigenvalue weighted by atomic mass is 16.5. The summed E-state index contributed by atoms with van der Waals surface area (Å²) in [6.07, 6.45) is 2.08. The zero-order valence-electron chi connectivity index (χ0n) is 14.5. The van der Waals surface area contributed by atoms with E-state index in [1.807, 2.05) is 18.7 Å². The molecule has 0 bridgehead atoms. The third-order valence-electron chi connectivity index (χ3n) is 4.08. The monoisotopic (exact) mass is 335 g/mol. The number of aryl methyl sites for hydroxylation is 2. The Morgan fingerprint density at radius 3 is 2.58 bits per heavy atom. The van der Waals surface area contributed by atoms with Crippen molar-refractivity contribution < 1.29 is 24.2 Å². The predicted molar refractivity (Wildman–Crippen MR) is 89.6 cm³/mol. The third kappa shape index (κ3) is 4.47. The Bertz CT molecular complexity index is 588. The van der Waals surface area contributed by atoms with Crippen molar-refractivity contribution in [3.05, 3.63) is 28.8 Å². The van der Waals surface area contributed by atoms with Gasteiger partial charge in [0.05, 0.1) is 12.7 Å². The molecule has 1 aliphatic heterocycles. The maximum Gasteiger partial charge on any atom is 0.341 e. The lowest BCUT2D eigenvalue weighted by Crippen LogP contribution is -2.45. The minimum Gasteiger partial charge on any atom is -0.481 e. The first kappa shape index (κ1) is 18.3. The summed E-state index contributed by atoms with van der Waals surface area (Å²) in [7, 11) is 0. The molecule has 2 rings (SSSR count). The van der Waals surface area contributed by atoms with Crippen LogP contribution in [0.2, 0.25) is 0 Å². The molecule has 132 valence electrons. The lowest BCUT2D eigenvalue weighted by Gasteiger charge is -2.33. The van der Waals surface area contributed by atoms with Crippen molar-refractivity contribution in [2.45, 2.75) is 39.7 Å². The number of benzene rings is 1. The van der Waals surface area contributed by atoms with Crippen LogP contribution in [0.5, 0.6) is 5.75 Å². The van der Waals surface area contributed by atoms with Crippen LogP contribution in [0.3, 0.4) is 0 Å². The quantitative estimate of drug-likeness (QED) is 0.864. The second-order valence-electron chi connectivity index (χ2n) is 6.15. The number of carboxylic acids is 1. The Morgan fingerprint density at radius 1 is 1.33 bits per heavy atom. The van der Waals surface area contributed by atoms with Crippen LogP contribution >= 0.6 is 0 Å². The van der Waals surface area contributed by atoms with Crippen molar-refractivity contribution in [1.82, 2.24) is 4.90 Å². The van der Waals surface area contributed by atoms with Crippen LogP contribution in [0.4, 0.5) is 0 Å². The molecule has 1 saturated heterocycles. The van der Waals surface area contributed by atoms with Gasteiger partial charge < -0.3 is 19.5 Å². The predicted octanol–water partition coefficient (Wildman–Crippen LogP) is 2.41. The molecule has 0 saturated carbocycles. The van der Waals surface area contributed by atoms with Crippen LogP contribution in [0.25, 0.3) is 0 Å². The van der Waals surface area contributed by atoms with Crippen molar-refractivity contribution in [2.75, 3.05) is 26.3 Å². The average Bonchev–Trinajstić information content (AvgIpc) is 2.53. The second kappa shape index (κ2) is 8.15. The van der Waals surface area contributed by atoms with Gasteiger partial charge in [-0.15, -0.1) is 0 Å². The third-order valence-corrected chi connectivity index (χ3v) is 4.08.